The van der Waals surface area contributed by atoms with Gasteiger partial charge >= 0.3 is 0 Å². The monoisotopic (exact) mass is 356 g/mol. The van der Waals surface area contributed by atoms with E-state index in [2.05, 4.69) is 22.4 Å². The Kier molecular flexibility index (Phi) is 5.17. The number of carbonyl (C=O) groups excluding carboxylic acids is 1. The molecule has 0 aliphatic carbocycles. The minimum absolute atomic E-state index is 0.201. The topological polar surface area (TPSA) is 51.2 Å². The maximum Gasteiger partial charge on any atom is 0.257 e. The zero-order valence-corrected chi connectivity index (χ0v) is 14.9. The number of thiazole rings is 1. The molecule has 24 heavy (non-hydrogen) atoms. The summed E-state index contributed by atoms with van der Waals surface area (Å²) in [5.74, 6) is 0.448. The van der Waals surface area contributed by atoms with Crippen molar-refractivity contribution in [1.82, 2.24) is 4.98 Å². The van der Waals surface area contributed by atoms with Crippen molar-refractivity contribution in [3.8, 4) is 17.0 Å². The molecule has 0 spiro atoms. The zero-order valence-electron chi connectivity index (χ0n) is 13.3. The van der Waals surface area contributed by atoms with Crippen molar-refractivity contribution in [2.24, 2.45) is 0 Å². The number of ether oxygens (including phenoxy) is 1. The SMILES string of the molecule is COc1cccc(C(=O)Nc2nc(-c3ccc(SC)cc3)cs2)c1. The number of amides is 1. The number of hydrogen-bond acceptors (Lipinski definition) is 5. The summed E-state index contributed by atoms with van der Waals surface area (Å²) in [5.41, 5.74) is 2.43. The van der Waals surface area contributed by atoms with Crippen LogP contribution < -0.4 is 10.1 Å². The van der Waals surface area contributed by atoms with Crippen molar-refractivity contribution in [3.63, 3.8) is 0 Å². The number of nitrogens with one attached hydrogen (secondary N) is 1. The molecule has 1 aromatic heterocycles. The molecule has 1 heterocycles. The van der Waals surface area contributed by atoms with E-state index in [1.54, 1.807) is 43.1 Å². The first-order valence-electron chi connectivity index (χ1n) is 7.25. The Hall–Kier alpha value is -2.31. The molecule has 4 nitrogen and oxygen atoms in total. The minimum atomic E-state index is -0.201. The second kappa shape index (κ2) is 7.51. The van der Waals surface area contributed by atoms with Crippen LogP contribution in [-0.4, -0.2) is 24.3 Å². The lowest BCUT2D eigenvalue weighted by Gasteiger charge is -2.04. The lowest BCUT2D eigenvalue weighted by atomic mass is 10.2. The number of hydrogen-bond donors (Lipinski definition) is 1. The highest BCUT2D eigenvalue weighted by atomic mass is 32.2. The number of rotatable bonds is 5. The van der Waals surface area contributed by atoms with Gasteiger partial charge in [0.15, 0.2) is 5.13 Å². The quantitative estimate of drug-likeness (QED) is 0.668. The van der Waals surface area contributed by atoms with E-state index in [1.165, 1.54) is 16.2 Å². The summed E-state index contributed by atoms with van der Waals surface area (Å²) in [7, 11) is 1.58. The average molecular weight is 356 g/mol. The van der Waals surface area contributed by atoms with E-state index in [0.717, 1.165) is 11.3 Å². The molecule has 0 aliphatic rings. The van der Waals surface area contributed by atoms with Crippen molar-refractivity contribution in [2.75, 3.05) is 18.7 Å². The molecule has 6 heteroatoms. The van der Waals surface area contributed by atoms with E-state index >= 15 is 0 Å². The zero-order chi connectivity index (χ0) is 16.9. The van der Waals surface area contributed by atoms with Crippen LogP contribution in [0, 0.1) is 0 Å². The smallest absolute Gasteiger partial charge is 0.257 e. The summed E-state index contributed by atoms with van der Waals surface area (Å²) in [6, 6.07) is 15.2. The number of aromatic nitrogens is 1. The summed E-state index contributed by atoms with van der Waals surface area (Å²) in [6.45, 7) is 0. The maximum atomic E-state index is 12.3. The normalized spacial score (nSPS) is 10.4. The number of anilines is 1. The van der Waals surface area contributed by atoms with E-state index in [-0.39, 0.29) is 5.91 Å². The standard InChI is InChI=1S/C18H16N2O2S2/c1-22-14-5-3-4-13(10-14)17(21)20-18-19-16(11-24-18)12-6-8-15(23-2)9-7-12/h3-11H,1-2H3,(H,19,20,21). The van der Waals surface area contributed by atoms with Crippen LogP contribution in [0.15, 0.2) is 58.8 Å². The van der Waals surface area contributed by atoms with Crippen LogP contribution in [-0.2, 0) is 0 Å². The lowest BCUT2D eigenvalue weighted by Crippen LogP contribution is -2.11. The fraction of sp³-hybridized carbons (Fsp3) is 0.111. The second-order valence-electron chi connectivity index (χ2n) is 4.95. The van der Waals surface area contributed by atoms with Gasteiger partial charge in [0.05, 0.1) is 12.8 Å². The second-order valence-corrected chi connectivity index (χ2v) is 6.69. The van der Waals surface area contributed by atoms with Crippen molar-refractivity contribution in [3.05, 3.63) is 59.5 Å². The molecule has 0 saturated carbocycles. The molecule has 2 aromatic carbocycles. The van der Waals surface area contributed by atoms with Gasteiger partial charge in [0.25, 0.3) is 5.91 Å². The van der Waals surface area contributed by atoms with Gasteiger partial charge in [0, 0.05) is 21.4 Å². The largest absolute Gasteiger partial charge is 0.497 e. The Morgan fingerprint density at radius 1 is 1.21 bits per heavy atom. The first kappa shape index (κ1) is 16.5. The first-order chi connectivity index (χ1) is 11.7. The van der Waals surface area contributed by atoms with Crippen LogP contribution in [0.4, 0.5) is 5.13 Å². The van der Waals surface area contributed by atoms with Gasteiger partial charge in [-0.05, 0) is 36.6 Å². The number of carbonyl (C=O) groups is 1. The summed E-state index contributed by atoms with van der Waals surface area (Å²) >= 11 is 3.11. The van der Waals surface area contributed by atoms with Crippen LogP contribution in [0.5, 0.6) is 5.75 Å². The molecule has 0 atom stereocenters. The van der Waals surface area contributed by atoms with Crippen molar-refractivity contribution in [1.29, 1.82) is 0 Å². The van der Waals surface area contributed by atoms with Crippen LogP contribution in [0.25, 0.3) is 11.3 Å². The number of thioether (sulfide) groups is 1. The molecule has 3 rings (SSSR count). The fourth-order valence-electron chi connectivity index (χ4n) is 2.16. The molecule has 1 N–H and O–H groups in total. The van der Waals surface area contributed by atoms with Gasteiger partial charge in [-0.3, -0.25) is 10.1 Å². The van der Waals surface area contributed by atoms with Gasteiger partial charge in [0.1, 0.15) is 5.75 Å². The molecular formula is C18H16N2O2S2. The molecular weight excluding hydrogens is 340 g/mol. The molecule has 0 saturated heterocycles. The Morgan fingerprint density at radius 3 is 2.71 bits per heavy atom. The maximum absolute atomic E-state index is 12.3. The molecule has 3 aromatic rings. The van der Waals surface area contributed by atoms with Crippen molar-refractivity contribution < 1.29 is 9.53 Å². The Balaban J connectivity index is 1.74. The van der Waals surface area contributed by atoms with E-state index in [0.29, 0.717) is 16.4 Å². The minimum Gasteiger partial charge on any atom is -0.497 e. The van der Waals surface area contributed by atoms with Gasteiger partial charge in [-0.25, -0.2) is 4.98 Å². The van der Waals surface area contributed by atoms with Gasteiger partial charge in [-0.1, -0.05) is 18.2 Å². The lowest BCUT2D eigenvalue weighted by molar-refractivity contribution is 0.102. The van der Waals surface area contributed by atoms with Crippen LogP contribution in [0.2, 0.25) is 0 Å². The van der Waals surface area contributed by atoms with E-state index in [9.17, 15) is 4.79 Å². The third-order valence-corrected chi connectivity index (χ3v) is 4.94. The summed E-state index contributed by atoms with van der Waals surface area (Å²) < 4.78 is 5.14. The predicted octanol–water partition coefficient (Wildman–Crippen LogP) is 4.79. The number of benzene rings is 2. The Morgan fingerprint density at radius 2 is 2.00 bits per heavy atom. The van der Waals surface area contributed by atoms with Crippen molar-refractivity contribution >= 4 is 34.1 Å². The summed E-state index contributed by atoms with van der Waals surface area (Å²) in [5, 5.41) is 5.35. The Bertz CT molecular complexity index is 844. The van der Waals surface area contributed by atoms with E-state index in [1.807, 2.05) is 23.8 Å². The highest BCUT2D eigenvalue weighted by molar-refractivity contribution is 7.98. The van der Waals surface area contributed by atoms with E-state index in [4.69, 9.17) is 4.74 Å². The molecule has 0 unspecified atom stereocenters. The molecule has 0 fully saturated rings. The van der Waals surface area contributed by atoms with Crippen LogP contribution in [0.3, 0.4) is 0 Å². The summed E-state index contributed by atoms with van der Waals surface area (Å²) in [4.78, 5) is 18.0. The highest BCUT2D eigenvalue weighted by Crippen LogP contribution is 2.27. The van der Waals surface area contributed by atoms with Crippen LogP contribution >= 0.6 is 23.1 Å². The molecule has 0 radical (unpaired) electrons. The third kappa shape index (κ3) is 3.77. The van der Waals surface area contributed by atoms with Crippen LogP contribution in [0.1, 0.15) is 10.4 Å². The average Bonchev–Trinajstić information content (AvgIpc) is 3.10. The van der Waals surface area contributed by atoms with Gasteiger partial charge in [-0.2, -0.15) is 0 Å². The van der Waals surface area contributed by atoms with Gasteiger partial charge in [0.2, 0.25) is 0 Å². The molecule has 1 amide bonds. The van der Waals surface area contributed by atoms with Gasteiger partial charge < -0.3 is 4.74 Å². The fourth-order valence-corrected chi connectivity index (χ4v) is 3.28. The van der Waals surface area contributed by atoms with Gasteiger partial charge in [-0.15, -0.1) is 23.1 Å². The number of methoxy groups -OCH3 is 1. The number of nitrogens with zero attached hydrogens (tertiary/aromatic N) is 1. The first-order valence-corrected chi connectivity index (χ1v) is 9.35. The van der Waals surface area contributed by atoms with E-state index < -0.39 is 0 Å². The highest BCUT2D eigenvalue weighted by Gasteiger charge is 2.10. The third-order valence-electron chi connectivity index (χ3n) is 3.44. The molecule has 0 bridgehead atoms. The predicted molar refractivity (Wildman–Crippen MR) is 100 cm³/mol. The molecule has 0 aliphatic heterocycles. The molecule has 122 valence electrons. The van der Waals surface area contributed by atoms with Crippen molar-refractivity contribution in [2.45, 2.75) is 4.90 Å². The Labute approximate surface area is 148 Å². The summed E-state index contributed by atoms with van der Waals surface area (Å²) in [6.07, 6.45) is 2.05.